The Bertz CT molecular complexity index is 1260. The van der Waals surface area contributed by atoms with Crippen LogP contribution in [-0.4, -0.2) is 45.7 Å². The van der Waals surface area contributed by atoms with Crippen molar-refractivity contribution in [3.05, 3.63) is 83.9 Å². The molecule has 3 N–H and O–H groups in total. The molecule has 0 fully saturated rings. The molecule has 0 atom stereocenters. The minimum absolute atomic E-state index is 0.0216. The summed E-state index contributed by atoms with van der Waals surface area (Å²) in [4.78, 5) is 23.7. The molecular formula is C24H24N2O7S. The summed E-state index contributed by atoms with van der Waals surface area (Å²) in [6.07, 6.45) is -0.277. The van der Waals surface area contributed by atoms with Crippen molar-refractivity contribution >= 4 is 27.6 Å². The highest BCUT2D eigenvalue weighted by Crippen LogP contribution is 2.34. The molecule has 178 valence electrons. The Morgan fingerprint density at radius 1 is 0.941 bits per heavy atom. The second-order valence-electron chi connectivity index (χ2n) is 7.16. The van der Waals surface area contributed by atoms with Gasteiger partial charge in [0, 0.05) is 24.8 Å². The first-order chi connectivity index (χ1) is 16.3. The molecule has 0 aliphatic heterocycles. The molecular weight excluding hydrogens is 460 g/mol. The number of aliphatic carboxylic acids is 1. The van der Waals surface area contributed by atoms with Crippen LogP contribution in [0.2, 0.25) is 0 Å². The number of anilines is 1. The minimum Gasteiger partial charge on any atom is -0.481 e. The van der Waals surface area contributed by atoms with E-state index < -0.39 is 21.9 Å². The Morgan fingerprint density at radius 2 is 1.65 bits per heavy atom. The summed E-state index contributed by atoms with van der Waals surface area (Å²) >= 11 is 0. The summed E-state index contributed by atoms with van der Waals surface area (Å²) in [6.45, 7) is 0.599. The lowest BCUT2D eigenvalue weighted by Crippen LogP contribution is -2.27. The SMILES string of the molecule is COCCNC(=O)c1ccc(Oc2ccccc2CC(=O)O)c(NS(=O)(=O)c2ccccc2)c1. The number of carboxylic acid groups (broad SMARTS) is 1. The van der Waals surface area contributed by atoms with Crippen LogP contribution in [0.3, 0.4) is 0 Å². The van der Waals surface area contributed by atoms with Crippen molar-refractivity contribution in [1.82, 2.24) is 5.32 Å². The number of methoxy groups -OCH3 is 1. The number of sulfonamides is 1. The Morgan fingerprint density at radius 3 is 2.35 bits per heavy atom. The van der Waals surface area contributed by atoms with Gasteiger partial charge in [-0.25, -0.2) is 8.42 Å². The maximum absolute atomic E-state index is 12.9. The molecule has 1 amide bonds. The Kier molecular flexibility index (Phi) is 8.23. The third-order valence-electron chi connectivity index (χ3n) is 4.67. The zero-order chi connectivity index (χ0) is 24.6. The van der Waals surface area contributed by atoms with Crippen molar-refractivity contribution in [2.75, 3.05) is 25.0 Å². The fourth-order valence-corrected chi connectivity index (χ4v) is 4.13. The van der Waals surface area contributed by atoms with E-state index in [2.05, 4.69) is 10.0 Å². The van der Waals surface area contributed by atoms with Crippen LogP contribution >= 0.6 is 0 Å². The molecule has 9 nitrogen and oxygen atoms in total. The van der Waals surface area contributed by atoms with Crippen LogP contribution in [-0.2, 0) is 26.0 Å². The van der Waals surface area contributed by atoms with Crippen LogP contribution in [0, 0.1) is 0 Å². The number of carboxylic acids is 1. The van der Waals surface area contributed by atoms with Gasteiger partial charge in [0.1, 0.15) is 5.75 Å². The van der Waals surface area contributed by atoms with Gasteiger partial charge in [0.05, 0.1) is 23.6 Å². The second-order valence-corrected chi connectivity index (χ2v) is 8.84. The Hall–Kier alpha value is -3.89. The van der Waals surface area contributed by atoms with E-state index in [-0.39, 0.29) is 40.6 Å². The van der Waals surface area contributed by atoms with Crippen LogP contribution in [0.5, 0.6) is 11.5 Å². The highest BCUT2D eigenvalue weighted by Gasteiger charge is 2.19. The monoisotopic (exact) mass is 484 g/mol. The molecule has 0 aliphatic carbocycles. The van der Waals surface area contributed by atoms with Crippen LogP contribution in [0.25, 0.3) is 0 Å². The smallest absolute Gasteiger partial charge is 0.307 e. The first-order valence-electron chi connectivity index (χ1n) is 10.3. The number of ether oxygens (including phenoxy) is 2. The van der Waals surface area contributed by atoms with E-state index in [0.29, 0.717) is 12.2 Å². The Labute approximate surface area is 197 Å². The number of carbonyl (C=O) groups is 2. The summed E-state index contributed by atoms with van der Waals surface area (Å²) in [5, 5.41) is 11.9. The molecule has 10 heteroatoms. The number of benzene rings is 3. The molecule has 3 rings (SSSR count). The number of amides is 1. The van der Waals surface area contributed by atoms with Crippen molar-refractivity contribution in [2.24, 2.45) is 0 Å². The third kappa shape index (κ3) is 6.56. The van der Waals surface area contributed by atoms with Crippen molar-refractivity contribution in [3.8, 4) is 11.5 Å². The number of hydrogen-bond acceptors (Lipinski definition) is 6. The van der Waals surface area contributed by atoms with Crippen LogP contribution < -0.4 is 14.8 Å². The lowest BCUT2D eigenvalue weighted by atomic mass is 10.1. The zero-order valence-electron chi connectivity index (χ0n) is 18.4. The predicted octanol–water partition coefficient (Wildman–Crippen LogP) is 3.28. The van der Waals surface area contributed by atoms with Crippen LogP contribution in [0.4, 0.5) is 5.69 Å². The van der Waals surface area contributed by atoms with E-state index >= 15 is 0 Å². The predicted molar refractivity (Wildman–Crippen MR) is 126 cm³/mol. The number of carbonyl (C=O) groups excluding carboxylic acids is 1. The number of rotatable bonds is 11. The highest BCUT2D eigenvalue weighted by molar-refractivity contribution is 7.92. The first kappa shape index (κ1) is 24.7. The molecule has 0 unspecified atom stereocenters. The van der Waals surface area contributed by atoms with Gasteiger partial charge in [0.25, 0.3) is 15.9 Å². The third-order valence-corrected chi connectivity index (χ3v) is 6.05. The van der Waals surface area contributed by atoms with Gasteiger partial charge in [0.2, 0.25) is 0 Å². The summed E-state index contributed by atoms with van der Waals surface area (Å²) in [6, 6.07) is 18.6. The minimum atomic E-state index is -4.00. The number of para-hydroxylation sites is 1. The van der Waals surface area contributed by atoms with E-state index in [4.69, 9.17) is 9.47 Å². The van der Waals surface area contributed by atoms with Gasteiger partial charge < -0.3 is 19.9 Å². The van der Waals surface area contributed by atoms with Crippen LogP contribution in [0.1, 0.15) is 15.9 Å². The standard InChI is InChI=1S/C24H24N2O7S/c1-32-14-13-25-24(29)18-11-12-22(33-21-10-6-5-7-17(21)16-23(27)28)20(15-18)26-34(30,31)19-8-3-2-4-9-19/h2-12,15,26H,13-14,16H2,1H3,(H,25,29)(H,27,28). The largest absolute Gasteiger partial charge is 0.481 e. The maximum atomic E-state index is 12.9. The first-order valence-corrected chi connectivity index (χ1v) is 11.7. The summed E-state index contributed by atoms with van der Waals surface area (Å²) in [5.74, 6) is -1.10. The van der Waals surface area contributed by atoms with Crippen molar-refractivity contribution in [1.29, 1.82) is 0 Å². The lowest BCUT2D eigenvalue weighted by molar-refractivity contribution is -0.136. The van der Waals surface area contributed by atoms with Crippen molar-refractivity contribution in [2.45, 2.75) is 11.3 Å². The molecule has 0 saturated heterocycles. The van der Waals surface area contributed by atoms with Crippen molar-refractivity contribution < 1.29 is 32.6 Å². The van der Waals surface area contributed by atoms with Crippen molar-refractivity contribution in [3.63, 3.8) is 0 Å². The van der Waals surface area contributed by atoms with Gasteiger partial charge in [-0.05, 0) is 36.4 Å². The average molecular weight is 485 g/mol. The summed E-state index contributed by atoms with van der Waals surface area (Å²) < 4.78 is 39.2. The summed E-state index contributed by atoms with van der Waals surface area (Å²) in [5.41, 5.74) is 0.634. The maximum Gasteiger partial charge on any atom is 0.307 e. The number of nitrogens with one attached hydrogen (secondary N) is 2. The van der Waals surface area contributed by atoms with Crippen LogP contribution in [0.15, 0.2) is 77.7 Å². The molecule has 0 spiro atoms. The molecule has 3 aromatic rings. The second kappa shape index (κ2) is 11.3. The highest BCUT2D eigenvalue weighted by atomic mass is 32.2. The number of hydrogen-bond donors (Lipinski definition) is 3. The van der Waals surface area contributed by atoms with Gasteiger partial charge in [-0.3, -0.25) is 14.3 Å². The molecule has 0 heterocycles. The van der Waals surface area contributed by atoms with E-state index in [0.717, 1.165) is 0 Å². The fraction of sp³-hybridized carbons (Fsp3) is 0.167. The zero-order valence-corrected chi connectivity index (χ0v) is 19.2. The van der Waals surface area contributed by atoms with E-state index in [1.807, 2.05) is 0 Å². The van der Waals surface area contributed by atoms with E-state index in [1.54, 1.807) is 42.5 Å². The lowest BCUT2D eigenvalue weighted by Gasteiger charge is -2.16. The molecule has 0 aliphatic rings. The van der Waals surface area contributed by atoms with E-state index in [1.165, 1.54) is 37.4 Å². The van der Waals surface area contributed by atoms with E-state index in [9.17, 15) is 23.1 Å². The Balaban J connectivity index is 1.99. The topological polar surface area (TPSA) is 131 Å². The molecule has 34 heavy (non-hydrogen) atoms. The molecule has 0 aromatic heterocycles. The quantitative estimate of drug-likeness (QED) is 0.356. The van der Waals surface area contributed by atoms with Gasteiger partial charge in [-0.2, -0.15) is 0 Å². The van der Waals surface area contributed by atoms with Gasteiger partial charge in [-0.15, -0.1) is 0 Å². The molecule has 0 saturated carbocycles. The average Bonchev–Trinajstić information content (AvgIpc) is 2.81. The molecule has 3 aromatic carbocycles. The molecule has 0 radical (unpaired) electrons. The summed E-state index contributed by atoms with van der Waals surface area (Å²) in [7, 11) is -2.49. The molecule has 0 bridgehead atoms. The van der Waals surface area contributed by atoms with Gasteiger partial charge in [-0.1, -0.05) is 36.4 Å². The van der Waals surface area contributed by atoms with Gasteiger partial charge in [0.15, 0.2) is 5.75 Å². The fourth-order valence-electron chi connectivity index (χ4n) is 3.04. The van der Waals surface area contributed by atoms with Gasteiger partial charge >= 0.3 is 5.97 Å². The normalized spacial score (nSPS) is 11.0.